The summed E-state index contributed by atoms with van der Waals surface area (Å²) in [5.74, 6) is 0. The van der Waals surface area contributed by atoms with Gasteiger partial charge in [0.15, 0.2) is 0 Å². The molecular formula is C10H16N2O. The van der Waals surface area contributed by atoms with Crippen molar-refractivity contribution in [2.24, 2.45) is 7.05 Å². The summed E-state index contributed by atoms with van der Waals surface area (Å²) in [5, 5.41) is 3.29. The van der Waals surface area contributed by atoms with Crippen LogP contribution in [0.25, 0.3) is 0 Å². The third-order valence-corrected chi connectivity index (χ3v) is 1.61. The second kappa shape index (κ2) is 3.24. The number of rotatable bonds is 1. The highest BCUT2D eigenvalue weighted by molar-refractivity contribution is 5.42. The van der Waals surface area contributed by atoms with Crippen molar-refractivity contribution < 1.29 is 0 Å². The van der Waals surface area contributed by atoms with Gasteiger partial charge in [0, 0.05) is 24.8 Å². The van der Waals surface area contributed by atoms with E-state index in [2.05, 4.69) is 26.1 Å². The van der Waals surface area contributed by atoms with Crippen LogP contribution in [0.2, 0.25) is 0 Å². The van der Waals surface area contributed by atoms with Crippen molar-refractivity contribution in [1.29, 1.82) is 0 Å². The molecular weight excluding hydrogens is 164 g/mol. The molecule has 0 fully saturated rings. The lowest BCUT2D eigenvalue weighted by molar-refractivity contribution is 0.632. The quantitative estimate of drug-likeness (QED) is 0.712. The normalized spacial score (nSPS) is 11.4. The van der Waals surface area contributed by atoms with Crippen LogP contribution in [-0.2, 0) is 7.05 Å². The lowest BCUT2D eigenvalue weighted by Gasteiger charge is -2.22. The maximum Gasteiger partial charge on any atom is 0.250 e. The Labute approximate surface area is 78.4 Å². The lowest BCUT2D eigenvalue weighted by Crippen LogP contribution is -2.27. The molecule has 0 aromatic carbocycles. The molecule has 13 heavy (non-hydrogen) atoms. The zero-order valence-corrected chi connectivity index (χ0v) is 8.59. The zero-order chi connectivity index (χ0) is 10.1. The third-order valence-electron chi connectivity index (χ3n) is 1.61. The molecule has 0 saturated heterocycles. The van der Waals surface area contributed by atoms with Crippen LogP contribution in [0.1, 0.15) is 20.8 Å². The second-order valence-electron chi connectivity index (χ2n) is 4.24. The summed E-state index contributed by atoms with van der Waals surface area (Å²) in [7, 11) is 1.75. The fourth-order valence-electron chi connectivity index (χ4n) is 1.10. The number of aromatic nitrogens is 1. The Hall–Kier alpha value is -1.25. The molecule has 1 N–H and O–H groups in total. The molecule has 3 heteroatoms. The molecule has 0 bridgehead atoms. The molecule has 3 nitrogen and oxygen atoms in total. The predicted molar refractivity (Wildman–Crippen MR) is 55.1 cm³/mol. The number of hydrogen-bond donors (Lipinski definition) is 1. The van der Waals surface area contributed by atoms with Crippen LogP contribution in [0.4, 0.5) is 5.69 Å². The van der Waals surface area contributed by atoms with Crippen molar-refractivity contribution in [2.45, 2.75) is 26.3 Å². The molecule has 0 atom stereocenters. The van der Waals surface area contributed by atoms with Gasteiger partial charge in [0.2, 0.25) is 5.56 Å². The summed E-state index contributed by atoms with van der Waals surface area (Å²) in [5.41, 5.74) is 1.01. The highest BCUT2D eigenvalue weighted by Crippen LogP contribution is 2.11. The van der Waals surface area contributed by atoms with Crippen molar-refractivity contribution in [3.8, 4) is 0 Å². The maximum absolute atomic E-state index is 11.1. The Bertz CT molecular complexity index is 347. The standard InChI is InChI=1S/C10H16N2O/c1-10(2,3)11-8-5-6-9(13)12(4)7-8/h5-7,11H,1-4H3. The fourth-order valence-corrected chi connectivity index (χ4v) is 1.10. The van der Waals surface area contributed by atoms with E-state index >= 15 is 0 Å². The van der Waals surface area contributed by atoms with Crippen molar-refractivity contribution in [2.75, 3.05) is 5.32 Å². The molecule has 0 aliphatic heterocycles. The SMILES string of the molecule is Cn1cc(NC(C)(C)C)ccc1=O. The Morgan fingerprint density at radius 2 is 1.92 bits per heavy atom. The minimum atomic E-state index is 0.0134. The van der Waals surface area contributed by atoms with Gasteiger partial charge in [-0.15, -0.1) is 0 Å². The van der Waals surface area contributed by atoms with Crippen molar-refractivity contribution in [1.82, 2.24) is 4.57 Å². The monoisotopic (exact) mass is 180 g/mol. The van der Waals surface area contributed by atoms with E-state index in [0.29, 0.717) is 0 Å². The first kappa shape index (κ1) is 9.84. The smallest absolute Gasteiger partial charge is 0.250 e. The Balaban J connectivity index is 2.92. The van der Waals surface area contributed by atoms with E-state index in [9.17, 15) is 4.79 Å². The van der Waals surface area contributed by atoms with E-state index in [4.69, 9.17) is 0 Å². The van der Waals surface area contributed by atoms with Gasteiger partial charge in [-0.1, -0.05) is 0 Å². The highest BCUT2D eigenvalue weighted by Gasteiger charge is 2.08. The Kier molecular flexibility index (Phi) is 2.45. The average Bonchev–Trinajstić information content (AvgIpc) is 1.94. The summed E-state index contributed by atoms with van der Waals surface area (Å²) in [4.78, 5) is 11.1. The van der Waals surface area contributed by atoms with Gasteiger partial charge in [0.1, 0.15) is 0 Å². The van der Waals surface area contributed by atoms with Gasteiger partial charge in [0.05, 0.1) is 5.69 Å². The van der Waals surface area contributed by atoms with E-state index in [1.165, 1.54) is 0 Å². The van der Waals surface area contributed by atoms with Crippen LogP contribution in [0.3, 0.4) is 0 Å². The molecule has 0 aliphatic carbocycles. The molecule has 0 aliphatic rings. The molecule has 1 aromatic rings. The van der Waals surface area contributed by atoms with E-state index in [0.717, 1.165) is 5.69 Å². The molecule has 0 radical (unpaired) electrons. The van der Waals surface area contributed by atoms with E-state index < -0.39 is 0 Å². The van der Waals surface area contributed by atoms with Crippen LogP contribution in [0.5, 0.6) is 0 Å². The van der Waals surface area contributed by atoms with Crippen LogP contribution >= 0.6 is 0 Å². The molecule has 1 rings (SSSR count). The molecule has 72 valence electrons. The number of aryl methyl sites for hydroxylation is 1. The summed E-state index contributed by atoms with van der Waals surface area (Å²) < 4.78 is 1.56. The average molecular weight is 180 g/mol. The minimum Gasteiger partial charge on any atom is -0.379 e. The predicted octanol–water partition coefficient (Wildman–Crippen LogP) is 1.60. The molecule has 0 unspecified atom stereocenters. The number of hydrogen-bond acceptors (Lipinski definition) is 2. The first-order chi connectivity index (χ1) is 5.88. The summed E-state index contributed by atoms with van der Waals surface area (Å²) in [6.07, 6.45) is 1.80. The van der Waals surface area contributed by atoms with Gasteiger partial charge in [-0.2, -0.15) is 0 Å². The van der Waals surface area contributed by atoms with Gasteiger partial charge < -0.3 is 9.88 Å². The number of nitrogens with zero attached hydrogens (tertiary/aromatic N) is 1. The topological polar surface area (TPSA) is 34.0 Å². The van der Waals surface area contributed by atoms with Crippen LogP contribution in [0, 0.1) is 0 Å². The summed E-state index contributed by atoms with van der Waals surface area (Å²) >= 11 is 0. The maximum atomic E-state index is 11.1. The van der Waals surface area contributed by atoms with Crippen molar-refractivity contribution in [3.05, 3.63) is 28.7 Å². The van der Waals surface area contributed by atoms with Crippen molar-refractivity contribution in [3.63, 3.8) is 0 Å². The number of pyridine rings is 1. The fraction of sp³-hybridized carbons (Fsp3) is 0.500. The lowest BCUT2D eigenvalue weighted by atomic mass is 10.1. The van der Waals surface area contributed by atoms with Crippen LogP contribution < -0.4 is 10.9 Å². The largest absolute Gasteiger partial charge is 0.379 e. The van der Waals surface area contributed by atoms with Crippen LogP contribution in [0.15, 0.2) is 23.1 Å². The minimum absolute atomic E-state index is 0.0134. The number of anilines is 1. The van der Waals surface area contributed by atoms with Gasteiger partial charge in [-0.25, -0.2) is 0 Å². The highest BCUT2D eigenvalue weighted by atomic mass is 16.1. The number of nitrogens with one attached hydrogen (secondary N) is 1. The first-order valence-corrected chi connectivity index (χ1v) is 4.33. The van der Waals surface area contributed by atoms with Gasteiger partial charge in [0.25, 0.3) is 0 Å². The molecule has 1 heterocycles. The zero-order valence-electron chi connectivity index (χ0n) is 8.59. The molecule has 0 saturated carbocycles. The molecule has 0 amide bonds. The molecule has 1 aromatic heterocycles. The van der Waals surface area contributed by atoms with Crippen LogP contribution in [-0.4, -0.2) is 10.1 Å². The summed E-state index contributed by atoms with van der Waals surface area (Å²) in [6, 6.07) is 3.36. The first-order valence-electron chi connectivity index (χ1n) is 4.33. The Morgan fingerprint density at radius 3 is 2.38 bits per heavy atom. The third kappa shape index (κ3) is 2.93. The van der Waals surface area contributed by atoms with Gasteiger partial charge in [-0.05, 0) is 26.8 Å². The molecule has 0 spiro atoms. The van der Waals surface area contributed by atoms with E-state index in [1.54, 1.807) is 29.9 Å². The van der Waals surface area contributed by atoms with E-state index in [1.807, 2.05) is 0 Å². The summed E-state index contributed by atoms with van der Waals surface area (Å²) in [6.45, 7) is 6.24. The van der Waals surface area contributed by atoms with Gasteiger partial charge >= 0.3 is 0 Å². The Morgan fingerprint density at radius 1 is 1.31 bits per heavy atom. The van der Waals surface area contributed by atoms with E-state index in [-0.39, 0.29) is 11.1 Å². The van der Waals surface area contributed by atoms with Crippen molar-refractivity contribution >= 4 is 5.69 Å². The van der Waals surface area contributed by atoms with Gasteiger partial charge in [-0.3, -0.25) is 4.79 Å². The second-order valence-corrected chi connectivity index (χ2v) is 4.24.